The standard InChI is InChI=1S/C11H14N2O5/c1-2-17-11(16)5-3-13-4-6-7(14)8(15)9(18-6)10(13)12-5/h3,6-9,14-15H,2,4H2,1H3/t6-,7-,8-,9-/m1/s1. The van der Waals surface area contributed by atoms with E-state index in [0.29, 0.717) is 12.4 Å². The molecular weight excluding hydrogens is 240 g/mol. The second-order valence-corrected chi connectivity index (χ2v) is 4.43. The molecule has 1 saturated heterocycles. The summed E-state index contributed by atoms with van der Waals surface area (Å²) in [6, 6.07) is 0. The predicted octanol–water partition coefficient (Wildman–Crippen LogP) is -0.765. The Morgan fingerprint density at radius 2 is 2.39 bits per heavy atom. The van der Waals surface area contributed by atoms with E-state index in [9.17, 15) is 15.0 Å². The van der Waals surface area contributed by atoms with Gasteiger partial charge in [0.1, 0.15) is 30.2 Å². The molecule has 3 heterocycles. The molecule has 98 valence electrons. The van der Waals surface area contributed by atoms with E-state index in [1.165, 1.54) is 0 Å². The van der Waals surface area contributed by atoms with Gasteiger partial charge in [-0.15, -0.1) is 0 Å². The number of aliphatic hydroxyl groups excluding tert-OH is 2. The van der Waals surface area contributed by atoms with E-state index in [-0.39, 0.29) is 12.3 Å². The minimum atomic E-state index is -1.01. The van der Waals surface area contributed by atoms with Gasteiger partial charge >= 0.3 is 5.97 Å². The first kappa shape index (κ1) is 11.6. The van der Waals surface area contributed by atoms with Crippen LogP contribution in [0.3, 0.4) is 0 Å². The van der Waals surface area contributed by atoms with Gasteiger partial charge in [-0.2, -0.15) is 0 Å². The molecule has 0 radical (unpaired) electrons. The molecule has 2 N–H and O–H groups in total. The number of fused-ring (bicyclic) bond motifs is 4. The van der Waals surface area contributed by atoms with Gasteiger partial charge in [-0.05, 0) is 6.92 Å². The van der Waals surface area contributed by atoms with Crippen LogP contribution in [-0.4, -0.2) is 50.7 Å². The maximum atomic E-state index is 11.6. The van der Waals surface area contributed by atoms with Crippen LogP contribution in [0.5, 0.6) is 0 Å². The molecule has 7 nitrogen and oxygen atoms in total. The van der Waals surface area contributed by atoms with Crippen LogP contribution < -0.4 is 0 Å². The molecule has 0 unspecified atom stereocenters. The van der Waals surface area contributed by atoms with E-state index in [1.54, 1.807) is 17.7 Å². The normalized spacial score (nSPS) is 33.3. The quantitative estimate of drug-likeness (QED) is 0.673. The highest BCUT2D eigenvalue weighted by Crippen LogP contribution is 2.37. The smallest absolute Gasteiger partial charge is 0.358 e. The van der Waals surface area contributed by atoms with E-state index in [1.807, 2.05) is 0 Å². The second-order valence-electron chi connectivity index (χ2n) is 4.43. The number of ether oxygens (including phenoxy) is 2. The van der Waals surface area contributed by atoms with Gasteiger partial charge in [-0.3, -0.25) is 0 Å². The Labute approximate surface area is 103 Å². The van der Waals surface area contributed by atoms with Gasteiger partial charge in [-0.25, -0.2) is 9.78 Å². The Hall–Kier alpha value is -1.44. The van der Waals surface area contributed by atoms with Gasteiger partial charge in [0.05, 0.1) is 13.2 Å². The molecular formula is C11H14N2O5. The van der Waals surface area contributed by atoms with Crippen molar-refractivity contribution in [1.29, 1.82) is 0 Å². The number of imidazole rings is 1. The third-order valence-corrected chi connectivity index (χ3v) is 3.29. The van der Waals surface area contributed by atoms with Crippen LogP contribution in [0.25, 0.3) is 0 Å². The number of hydrogen-bond donors (Lipinski definition) is 2. The van der Waals surface area contributed by atoms with Crippen LogP contribution in [-0.2, 0) is 16.0 Å². The van der Waals surface area contributed by atoms with Gasteiger partial charge in [0.15, 0.2) is 5.69 Å². The molecule has 0 aliphatic carbocycles. The molecule has 3 rings (SSSR count). The molecule has 1 fully saturated rings. The summed E-state index contributed by atoms with van der Waals surface area (Å²) in [5, 5.41) is 19.5. The van der Waals surface area contributed by atoms with E-state index in [4.69, 9.17) is 9.47 Å². The summed E-state index contributed by atoms with van der Waals surface area (Å²) < 4.78 is 12.1. The fraction of sp³-hybridized carbons (Fsp3) is 0.636. The summed E-state index contributed by atoms with van der Waals surface area (Å²) >= 11 is 0. The fourth-order valence-electron chi connectivity index (χ4n) is 2.41. The number of rotatable bonds is 2. The summed E-state index contributed by atoms with van der Waals surface area (Å²) in [5.74, 6) is -0.0383. The Balaban J connectivity index is 1.92. The van der Waals surface area contributed by atoms with Crippen molar-refractivity contribution in [3.05, 3.63) is 17.7 Å². The molecule has 1 aromatic heterocycles. The molecule has 2 aliphatic rings. The van der Waals surface area contributed by atoms with Gasteiger partial charge in [0.2, 0.25) is 0 Å². The Kier molecular flexibility index (Phi) is 2.61. The van der Waals surface area contributed by atoms with Crippen LogP contribution in [0.1, 0.15) is 29.3 Å². The third-order valence-electron chi connectivity index (χ3n) is 3.29. The van der Waals surface area contributed by atoms with Crippen LogP contribution in [0.15, 0.2) is 6.20 Å². The second kappa shape index (κ2) is 4.04. The third kappa shape index (κ3) is 1.55. The van der Waals surface area contributed by atoms with Crippen LogP contribution in [0.2, 0.25) is 0 Å². The lowest BCUT2D eigenvalue weighted by Gasteiger charge is -2.21. The average Bonchev–Trinajstić information content (AvgIpc) is 2.87. The number of esters is 1. The van der Waals surface area contributed by atoms with Crippen molar-refractivity contribution in [2.24, 2.45) is 0 Å². The largest absolute Gasteiger partial charge is 0.461 e. The molecule has 0 saturated carbocycles. The summed E-state index contributed by atoms with van der Waals surface area (Å²) in [4.78, 5) is 15.7. The van der Waals surface area contributed by atoms with Crippen molar-refractivity contribution in [2.45, 2.75) is 37.9 Å². The Morgan fingerprint density at radius 1 is 1.61 bits per heavy atom. The summed E-state index contributed by atoms with van der Waals surface area (Å²) in [7, 11) is 0. The molecule has 18 heavy (non-hydrogen) atoms. The van der Waals surface area contributed by atoms with Gasteiger partial charge in [0, 0.05) is 6.20 Å². The first-order valence-corrected chi connectivity index (χ1v) is 5.87. The van der Waals surface area contributed by atoms with Crippen molar-refractivity contribution in [3.8, 4) is 0 Å². The highest BCUT2D eigenvalue weighted by molar-refractivity contribution is 5.87. The molecule has 0 amide bonds. The maximum absolute atomic E-state index is 11.6. The van der Waals surface area contributed by atoms with Crippen LogP contribution >= 0.6 is 0 Å². The maximum Gasteiger partial charge on any atom is 0.358 e. The monoisotopic (exact) mass is 254 g/mol. The number of nitrogens with zero attached hydrogens (tertiary/aromatic N) is 2. The van der Waals surface area contributed by atoms with E-state index < -0.39 is 30.4 Å². The lowest BCUT2D eigenvalue weighted by atomic mass is 10.1. The molecule has 1 aromatic rings. The first-order chi connectivity index (χ1) is 8.61. The highest BCUT2D eigenvalue weighted by Gasteiger charge is 2.49. The lowest BCUT2D eigenvalue weighted by molar-refractivity contribution is -0.0273. The van der Waals surface area contributed by atoms with E-state index in [0.717, 1.165) is 0 Å². The summed E-state index contributed by atoms with van der Waals surface area (Å²) in [6.45, 7) is 2.38. The van der Waals surface area contributed by atoms with E-state index in [2.05, 4.69) is 4.98 Å². The number of carbonyl (C=O) groups excluding carboxylic acids is 1. The topological polar surface area (TPSA) is 93.8 Å². The Morgan fingerprint density at radius 3 is 3.11 bits per heavy atom. The van der Waals surface area contributed by atoms with Gasteiger partial charge in [0.25, 0.3) is 0 Å². The van der Waals surface area contributed by atoms with Crippen molar-refractivity contribution in [3.63, 3.8) is 0 Å². The zero-order chi connectivity index (χ0) is 12.9. The zero-order valence-electron chi connectivity index (χ0n) is 9.81. The molecule has 7 heteroatoms. The molecule has 4 atom stereocenters. The average molecular weight is 254 g/mol. The lowest BCUT2D eigenvalue weighted by Crippen LogP contribution is -2.31. The number of aromatic nitrogens is 2. The number of aliphatic hydroxyl groups is 2. The summed E-state index contributed by atoms with van der Waals surface area (Å²) in [6.07, 6.45) is -1.49. The SMILES string of the molecule is CCOC(=O)c1cn2c(n1)[C@@H]1O[C@H](C2)[C@@H](O)[C@H]1O. The van der Waals surface area contributed by atoms with Gasteiger partial charge < -0.3 is 24.3 Å². The highest BCUT2D eigenvalue weighted by atomic mass is 16.5. The zero-order valence-corrected chi connectivity index (χ0v) is 9.81. The van der Waals surface area contributed by atoms with Crippen molar-refractivity contribution >= 4 is 5.97 Å². The summed E-state index contributed by atoms with van der Waals surface area (Å²) in [5.41, 5.74) is 0.199. The predicted molar refractivity (Wildman–Crippen MR) is 57.8 cm³/mol. The number of carbonyl (C=O) groups is 1. The van der Waals surface area contributed by atoms with Crippen LogP contribution in [0.4, 0.5) is 0 Å². The van der Waals surface area contributed by atoms with Crippen molar-refractivity contribution in [1.82, 2.24) is 9.55 Å². The van der Waals surface area contributed by atoms with Crippen LogP contribution in [0, 0.1) is 0 Å². The number of hydrogen-bond acceptors (Lipinski definition) is 6. The van der Waals surface area contributed by atoms with Crippen molar-refractivity contribution < 1.29 is 24.5 Å². The van der Waals surface area contributed by atoms with Crippen molar-refractivity contribution in [2.75, 3.05) is 6.61 Å². The fourth-order valence-corrected chi connectivity index (χ4v) is 2.41. The minimum absolute atomic E-state index is 0.199. The Bertz CT molecular complexity index is 484. The minimum Gasteiger partial charge on any atom is -0.461 e. The molecule has 2 bridgehead atoms. The molecule has 0 spiro atoms. The van der Waals surface area contributed by atoms with E-state index >= 15 is 0 Å². The van der Waals surface area contributed by atoms with Gasteiger partial charge in [-0.1, -0.05) is 0 Å². The first-order valence-electron chi connectivity index (χ1n) is 5.87. The molecule has 2 aliphatic heterocycles. The molecule has 0 aromatic carbocycles.